The smallest absolute Gasteiger partial charge is 0.0994 e. The van der Waals surface area contributed by atoms with E-state index < -0.39 is 0 Å². The predicted octanol–water partition coefficient (Wildman–Crippen LogP) is 3.95. The highest BCUT2D eigenvalue weighted by Gasteiger charge is 2.20. The van der Waals surface area contributed by atoms with E-state index in [2.05, 4.69) is 23.7 Å². The lowest BCUT2D eigenvalue weighted by Gasteiger charge is -2.29. The fourth-order valence-corrected chi connectivity index (χ4v) is 3.43. The number of anilines is 1. The minimum Gasteiger partial charge on any atom is -0.382 e. The van der Waals surface area contributed by atoms with E-state index in [9.17, 15) is 0 Å². The van der Waals surface area contributed by atoms with Gasteiger partial charge in [-0.15, -0.1) is 0 Å². The van der Waals surface area contributed by atoms with Crippen molar-refractivity contribution in [3.05, 3.63) is 29.3 Å². The summed E-state index contributed by atoms with van der Waals surface area (Å²) in [4.78, 5) is 0. The molecule has 0 saturated heterocycles. The van der Waals surface area contributed by atoms with E-state index in [-0.39, 0.29) is 0 Å². The summed E-state index contributed by atoms with van der Waals surface area (Å²) >= 11 is 1.99. The van der Waals surface area contributed by atoms with Crippen LogP contribution in [0.15, 0.2) is 18.2 Å². The molecule has 18 heavy (non-hydrogen) atoms. The fraction of sp³-hybridized carbons (Fsp3) is 0.533. The van der Waals surface area contributed by atoms with Crippen LogP contribution in [0.1, 0.15) is 36.8 Å². The molecule has 2 atom stereocenters. The molecule has 1 saturated carbocycles. The van der Waals surface area contributed by atoms with Crippen molar-refractivity contribution in [2.24, 2.45) is 0 Å². The molecule has 0 radical (unpaired) electrons. The molecule has 1 aromatic carbocycles. The summed E-state index contributed by atoms with van der Waals surface area (Å²) in [6, 6.07) is 8.81. The molecule has 1 aromatic rings. The van der Waals surface area contributed by atoms with Crippen LogP contribution in [0.25, 0.3) is 0 Å². The molecule has 1 aliphatic carbocycles. The van der Waals surface area contributed by atoms with Gasteiger partial charge in [-0.2, -0.15) is 17.0 Å². The van der Waals surface area contributed by atoms with Gasteiger partial charge in [-0.3, -0.25) is 0 Å². The van der Waals surface area contributed by atoms with Crippen molar-refractivity contribution in [2.45, 2.75) is 43.9 Å². The maximum absolute atomic E-state index is 8.92. The molecule has 2 rings (SSSR count). The average molecular weight is 260 g/mol. The molecule has 3 heteroatoms. The molecular formula is C15H20N2S. The van der Waals surface area contributed by atoms with Crippen molar-refractivity contribution in [1.29, 1.82) is 5.26 Å². The highest BCUT2D eigenvalue weighted by atomic mass is 32.2. The first-order valence-electron chi connectivity index (χ1n) is 6.53. The topological polar surface area (TPSA) is 35.8 Å². The molecule has 0 spiro atoms. The van der Waals surface area contributed by atoms with Gasteiger partial charge in [0, 0.05) is 17.0 Å². The van der Waals surface area contributed by atoms with Gasteiger partial charge in [0.2, 0.25) is 0 Å². The third-order valence-corrected chi connectivity index (χ3v) is 4.77. The van der Waals surface area contributed by atoms with Crippen LogP contribution in [0.3, 0.4) is 0 Å². The van der Waals surface area contributed by atoms with E-state index in [0.29, 0.717) is 6.04 Å². The van der Waals surface area contributed by atoms with Gasteiger partial charge in [0.15, 0.2) is 0 Å². The molecule has 1 aliphatic rings. The molecule has 2 nitrogen and oxygen atoms in total. The van der Waals surface area contributed by atoms with Crippen LogP contribution in [0.2, 0.25) is 0 Å². The van der Waals surface area contributed by atoms with Gasteiger partial charge in [0.05, 0.1) is 11.6 Å². The Morgan fingerprint density at radius 2 is 2.22 bits per heavy atom. The number of nitrogens with one attached hydrogen (secondary N) is 1. The van der Waals surface area contributed by atoms with Gasteiger partial charge in [0.25, 0.3) is 0 Å². The monoisotopic (exact) mass is 260 g/mol. The highest BCUT2D eigenvalue weighted by molar-refractivity contribution is 7.99. The van der Waals surface area contributed by atoms with Crippen LogP contribution in [0, 0.1) is 18.3 Å². The molecule has 0 bridgehead atoms. The summed E-state index contributed by atoms with van der Waals surface area (Å²) in [6.07, 6.45) is 7.39. The Morgan fingerprint density at radius 1 is 1.39 bits per heavy atom. The van der Waals surface area contributed by atoms with E-state index in [4.69, 9.17) is 5.26 Å². The Kier molecular flexibility index (Phi) is 4.54. The summed E-state index contributed by atoms with van der Waals surface area (Å²) in [7, 11) is 0. The minimum atomic E-state index is 0.587. The molecule has 1 N–H and O–H groups in total. The zero-order valence-corrected chi connectivity index (χ0v) is 11.9. The number of nitriles is 1. The maximum Gasteiger partial charge on any atom is 0.0994 e. The van der Waals surface area contributed by atoms with Crippen LogP contribution in [0.4, 0.5) is 5.69 Å². The van der Waals surface area contributed by atoms with Crippen molar-refractivity contribution in [3.63, 3.8) is 0 Å². The second-order valence-corrected chi connectivity index (χ2v) is 6.15. The Hall–Kier alpha value is -1.14. The summed E-state index contributed by atoms with van der Waals surface area (Å²) in [5.41, 5.74) is 2.98. The number of hydrogen-bond acceptors (Lipinski definition) is 3. The van der Waals surface area contributed by atoms with E-state index in [0.717, 1.165) is 22.1 Å². The predicted molar refractivity (Wildman–Crippen MR) is 79.1 cm³/mol. The Labute approximate surface area is 114 Å². The van der Waals surface area contributed by atoms with Gasteiger partial charge in [0.1, 0.15) is 0 Å². The standard InChI is InChI=1S/C15H20N2S/c1-11-8-14(7-6-12(11)10-16)17-13-4-3-5-15(9-13)18-2/h6-8,13,15,17H,3-5,9H2,1-2H3. The number of aryl methyl sites for hydroxylation is 1. The van der Waals surface area contributed by atoms with Crippen LogP contribution >= 0.6 is 11.8 Å². The van der Waals surface area contributed by atoms with Crippen molar-refractivity contribution in [2.75, 3.05) is 11.6 Å². The number of benzene rings is 1. The van der Waals surface area contributed by atoms with E-state index in [1.165, 1.54) is 25.7 Å². The summed E-state index contributed by atoms with van der Waals surface area (Å²) < 4.78 is 0. The van der Waals surface area contributed by atoms with Crippen LogP contribution < -0.4 is 5.32 Å². The van der Waals surface area contributed by atoms with E-state index >= 15 is 0 Å². The molecule has 0 amide bonds. The summed E-state index contributed by atoms with van der Waals surface area (Å²) in [6.45, 7) is 2.00. The second kappa shape index (κ2) is 6.15. The Bertz CT molecular complexity index is 450. The largest absolute Gasteiger partial charge is 0.382 e. The second-order valence-electron chi connectivity index (χ2n) is 5.01. The van der Waals surface area contributed by atoms with Crippen molar-refractivity contribution < 1.29 is 0 Å². The minimum absolute atomic E-state index is 0.587. The quantitative estimate of drug-likeness (QED) is 0.893. The Morgan fingerprint density at radius 3 is 2.89 bits per heavy atom. The first kappa shape index (κ1) is 13.3. The molecule has 0 aromatic heterocycles. The third kappa shape index (κ3) is 3.20. The van der Waals surface area contributed by atoms with Gasteiger partial charge in [-0.25, -0.2) is 0 Å². The zero-order valence-electron chi connectivity index (χ0n) is 11.1. The highest BCUT2D eigenvalue weighted by Crippen LogP contribution is 2.29. The van der Waals surface area contributed by atoms with Crippen molar-refractivity contribution in [3.8, 4) is 6.07 Å². The van der Waals surface area contributed by atoms with Crippen LogP contribution in [-0.2, 0) is 0 Å². The zero-order chi connectivity index (χ0) is 13.0. The SMILES string of the molecule is CSC1CCCC(Nc2ccc(C#N)c(C)c2)C1. The lowest BCUT2D eigenvalue weighted by molar-refractivity contribution is 0.473. The lowest BCUT2D eigenvalue weighted by Crippen LogP contribution is -2.28. The van der Waals surface area contributed by atoms with E-state index in [1.807, 2.05) is 30.8 Å². The molecule has 2 unspecified atom stereocenters. The lowest BCUT2D eigenvalue weighted by atomic mass is 9.94. The van der Waals surface area contributed by atoms with Crippen LogP contribution in [0.5, 0.6) is 0 Å². The first-order chi connectivity index (χ1) is 8.72. The normalized spacial score (nSPS) is 23.4. The number of thioether (sulfide) groups is 1. The summed E-state index contributed by atoms with van der Waals surface area (Å²) in [5, 5.41) is 13.3. The van der Waals surface area contributed by atoms with E-state index in [1.54, 1.807) is 0 Å². The molecule has 1 fully saturated rings. The molecular weight excluding hydrogens is 240 g/mol. The van der Waals surface area contributed by atoms with Crippen LogP contribution in [-0.4, -0.2) is 17.5 Å². The van der Waals surface area contributed by atoms with Gasteiger partial charge in [-0.1, -0.05) is 6.42 Å². The molecule has 0 aliphatic heterocycles. The van der Waals surface area contributed by atoms with Gasteiger partial charge in [-0.05, 0) is 56.2 Å². The van der Waals surface area contributed by atoms with Gasteiger partial charge >= 0.3 is 0 Å². The number of nitrogens with zero attached hydrogens (tertiary/aromatic N) is 1. The van der Waals surface area contributed by atoms with Crippen molar-refractivity contribution in [1.82, 2.24) is 0 Å². The number of rotatable bonds is 3. The average Bonchev–Trinajstić information content (AvgIpc) is 2.39. The first-order valence-corrected chi connectivity index (χ1v) is 7.82. The molecule has 0 heterocycles. The third-order valence-electron chi connectivity index (χ3n) is 3.68. The maximum atomic E-state index is 8.92. The van der Waals surface area contributed by atoms with Crippen molar-refractivity contribution >= 4 is 17.4 Å². The van der Waals surface area contributed by atoms with Gasteiger partial charge < -0.3 is 5.32 Å². The molecule has 96 valence electrons. The summed E-state index contributed by atoms with van der Waals surface area (Å²) in [5.74, 6) is 0. The fourth-order valence-electron chi connectivity index (χ4n) is 2.60. The Balaban J connectivity index is 2.01. The number of hydrogen-bond donors (Lipinski definition) is 1.